The number of carbonyl (C=O) groups is 2. The van der Waals surface area contributed by atoms with Gasteiger partial charge in [0.1, 0.15) is 5.75 Å². The summed E-state index contributed by atoms with van der Waals surface area (Å²) in [6, 6.07) is 25.1. The van der Waals surface area contributed by atoms with Crippen molar-refractivity contribution in [2.75, 3.05) is 46.9 Å². The summed E-state index contributed by atoms with van der Waals surface area (Å²) in [5, 5.41) is 0. The minimum absolute atomic E-state index is 0.0597. The predicted octanol–water partition coefficient (Wildman–Crippen LogP) is 4.46. The maximum atomic E-state index is 14.1. The summed E-state index contributed by atoms with van der Waals surface area (Å²) in [5.74, 6) is 0.300. The number of ether oxygens (including phenoxy) is 1. The molecule has 0 N–H and O–H groups in total. The molecule has 1 saturated heterocycles. The number of rotatable bonds is 6. The highest BCUT2D eigenvalue weighted by atomic mass is 16.5. The molecule has 190 valence electrons. The summed E-state index contributed by atoms with van der Waals surface area (Å²) >= 11 is 0. The molecule has 2 aliphatic heterocycles. The number of methoxy groups -OCH3 is 1. The maximum Gasteiger partial charge on any atom is 0.254 e. The van der Waals surface area contributed by atoms with Crippen molar-refractivity contribution in [3.8, 4) is 5.75 Å². The summed E-state index contributed by atoms with van der Waals surface area (Å²) < 4.78 is 5.33. The number of nitrogens with zero attached hydrogens (tertiary/aromatic N) is 3. The van der Waals surface area contributed by atoms with E-state index < -0.39 is 5.92 Å². The third-order valence-corrected chi connectivity index (χ3v) is 7.46. The van der Waals surface area contributed by atoms with E-state index >= 15 is 0 Å². The molecule has 6 heteroatoms. The van der Waals surface area contributed by atoms with Gasteiger partial charge in [-0.25, -0.2) is 0 Å². The van der Waals surface area contributed by atoms with Crippen LogP contribution in [0.3, 0.4) is 0 Å². The van der Waals surface area contributed by atoms with E-state index in [1.54, 1.807) is 19.1 Å². The second kappa shape index (κ2) is 11.0. The first kappa shape index (κ1) is 24.8. The molecule has 0 spiro atoms. The Kier molecular flexibility index (Phi) is 7.37. The van der Waals surface area contributed by atoms with Crippen LogP contribution in [-0.4, -0.2) is 73.4 Å². The molecule has 0 saturated carbocycles. The maximum absolute atomic E-state index is 14.1. The largest absolute Gasteiger partial charge is 0.497 e. The molecule has 6 nitrogen and oxygen atoms in total. The van der Waals surface area contributed by atoms with Gasteiger partial charge in [0.15, 0.2) is 0 Å². The van der Waals surface area contributed by atoms with E-state index in [9.17, 15) is 9.59 Å². The Morgan fingerprint density at radius 3 is 2.30 bits per heavy atom. The lowest BCUT2D eigenvalue weighted by molar-refractivity contribution is -0.136. The molecule has 3 aromatic rings. The van der Waals surface area contributed by atoms with Crippen molar-refractivity contribution in [3.63, 3.8) is 0 Å². The summed E-state index contributed by atoms with van der Waals surface area (Å²) in [6.45, 7) is 3.84. The van der Waals surface area contributed by atoms with E-state index in [0.29, 0.717) is 18.7 Å². The molecule has 2 atom stereocenters. The summed E-state index contributed by atoms with van der Waals surface area (Å²) in [6.07, 6.45) is 4.33. The molecular weight excluding hydrogens is 462 g/mol. The fourth-order valence-electron chi connectivity index (χ4n) is 5.41. The second-order valence-electron chi connectivity index (χ2n) is 9.64. The highest BCUT2D eigenvalue weighted by Gasteiger charge is 2.44. The van der Waals surface area contributed by atoms with Crippen molar-refractivity contribution in [3.05, 3.63) is 107 Å². The molecule has 0 unspecified atom stereocenters. The van der Waals surface area contributed by atoms with Gasteiger partial charge < -0.3 is 14.5 Å². The van der Waals surface area contributed by atoms with Crippen LogP contribution in [0.1, 0.15) is 39.0 Å². The van der Waals surface area contributed by atoms with Crippen LogP contribution in [0.25, 0.3) is 6.08 Å². The molecule has 2 amide bonds. The van der Waals surface area contributed by atoms with Gasteiger partial charge in [0.2, 0.25) is 5.91 Å². The third kappa shape index (κ3) is 5.16. The van der Waals surface area contributed by atoms with E-state index in [0.717, 1.165) is 36.5 Å². The van der Waals surface area contributed by atoms with Gasteiger partial charge >= 0.3 is 0 Å². The van der Waals surface area contributed by atoms with E-state index in [1.165, 1.54) is 5.56 Å². The van der Waals surface area contributed by atoms with Gasteiger partial charge in [-0.3, -0.25) is 14.5 Å². The van der Waals surface area contributed by atoms with E-state index in [1.807, 2.05) is 71.6 Å². The lowest BCUT2D eigenvalue weighted by Crippen LogP contribution is -2.52. The Hall–Kier alpha value is -3.90. The van der Waals surface area contributed by atoms with Gasteiger partial charge in [0.05, 0.1) is 19.1 Å². The molecule has 2 heterocycles. The van der Waals surface area contributed by atoms with Crippen LogP contribution in [-0.2, 0) is 4.79 Å². The molecule has 3 aromatic carbocycles. The minimum Gasteiger partial charge on any atom is -0.497 e. The van der Waals surface area contributed by atoms with Gasteiger partial charge in [-0.15, -0.1) is 0 Å². The van der Waals surface area contributed by atoms with Crippen LogP contribution in [0.4, 0.5) is 0 Å². The average Bonchev–Trinajstić information content (AvgIpc) is 2.95. The number of benzene rings is 3. The smallest absolute Gasteiger partial charge is 0.254 e. The fraction of sp³-hybridized carbons (Fsp3) is 0.290. The first-order valence-electron chi connectivity index (χ1n) is 12.8. The summed E-state index contributed by atoms with van der Waals surface area (Å²) in [5.41, 5.74) is 3.53. The molecule has 5 rings (SSSR count). The molecule has 0 aromatic heterocycles. The Morgan fingerprint density at radius 1 is 0.919 bits per heavy atom. The van der Waals surface area contributed by atoms with Crippen LogP contribution < -0.4 is 4.74 Å². The second-order valence-corrected chi connectivity index (χ2v) is 9.64. The topological polar surface area (TPSA) is 53.1 Å². The zero-order valence-corrected chi connectivity index (χ0v) is 21.4. The first-order chi connectivity index (χ1) is 18.1. The molecule has 1 fully saturated rings. The van der Waals surface area contributed by atoms with Crippen LogP contribution >= 0.6 is 0 Å². The van der Waals surface area contributed by atoms with Crippen LogP contribution in [0.5, 0.6) is 5.75 Å². The molecule has 37 heavy (non-hydrogen) atoms. The van der Waals surface area contributed by atoms with Crippen LogP contribution in [0, 0.1) is 0 Å². The Labute approximate surface area is 218 Å². The van der Waals surface area contributed by atoms with Gasteiger partial charge in [-0.05, 0) is 34.9 Å². The van der Waals surface area contributed by atoms with E-state index in [-0.39, 0.29) is 17.9 Å². The molecule has 2 aliphatic rings. The number of carbonyl (C=O) groups excluding carboxylic acids is 2. The molecular formula is C31H33N3O3. The number of hydrogen-bond donors (Lipinski definition) is 0. The molecule has 0 radical (unpaired) electrons. The lowest BCUT2D eigenvalue weighted by Gasteiger charge is -2.43. The standard InChI is InChI=1S/C31H33N3O3/c1-32-29(24-14-16-25(37-2)17-15-24)28(26-12-6-7-13-27(26)30(32)35)31(36)34-21-19-33(20-22-34)18-8-11-23-9-4-3-5-10-23/h3-17,28-29H,18-22H2,1-2H3/b11-8+/t28-,29-/m0/s1. The average molecular weight is 496 g/mol. The SMILES string of the molecule is COc1ccc([C@H]2[C@@H](C(=O)N3CCN(C/C=C/c4ccccc4)CC3)c3ccccc3C(=O)N2C)cc1. The van der Waals surface area contributed by atoms with Gasteiger partial charge in [-0.1, -0.05) is 72.8 Å². The van der Waals surface area contributed by atoms with Crippen LogP contribution in [0.2, 0.25) is 0 Å². The number of piperazine rings is 1. The van der Waals surface area contributed by atoms with Crippen molar-refractivity contribution < 1.29 is 14.3 Å². The van der Waals surface area contributed by atoms with Crippen molar-refractivity contribution in [1.82, 2.24) is 14.7 Å². The zero-order valence-electron chi connectivity index (χ0n) is 21.4. The number of fused-ring (bicyclic) bond motifs is 1. The quantitative estimate of drug-likeness (QED) is 0.507. The van der Waals surface area contributed by atoms with Gasteiger partial charge in [0, 0.05) is 45.3 Å². The highest BCUT2D eigenvalue weighted by molar-refractivity contribution is 6.01. The predicted molar refractivity (Wildman–Crippen MR) is 146 cm³/mol. The van der Waals surface area contributed by atoms with Crippen molar-refractivity contribution in [1.29, 1.82) is 0 Å². The van der Waals surface area contributed by atoms with E-state index in [4.69, 9.17) is 4.74 Å². The lowest BCUT2D eigenvalue weighted by atomic mass is 9.79. The monoisotopic (exact) mass is 495 g/mol. The van der Waals surface area contributed by atoms with Crippen molar-refractivity contribution in [2.24, 2.45) is 0 Å². The molecule has 0 aliphatic carbocycles. The van der Waals surface area contributed by atoms with Gasteiger partial charge in [0.25, 0.3) is 5.91 Å². The zero-order chi connectivity index (χ0) is 25.8. The third-order valence-electron chi connectivity index (χ3n) is 7.46. The Balaban J connectivity index is 1.34. The normalized spacial score (nSPS) is 20.2. The minimum atomic E-state index is -0.461. The first-order valence-corrected chi connectivity index (χ1v) is 12.8. The van der Waals surface area contributed by atoms with Gasteiger partial charge in [-0.2, -0.15) is 0 Å². The number of likely N-dealkylation sites (N-methyl/N-ethyl adjacent to an activating group) is 1. The summed E-state index contributed by atoms with van der Waals surface area (Å²) in [4.78, 5) is 33.4. The Bertz CT molecular complexity index is 1260. The summed E-state index contributed by atoms with van der Waals surface area (Å²) in [7, 11) is 3.43. The number of amides is 2. The van der Waals surface area contributed by atoms with Crippen molar-refractivity contribution >= 4 is 17.9 Å². The van der Waals surface area contributed by atoms with Crippen LogP contribution in [0.15, 0.2) is 84.9 Å². The van der Waals surface area contributed by atoms with Crippen molar-refractivity contribution in [2.45, 2.75) is 12.0 Å². The molecule has 0 bridgehead atoms. The Morgan fingerprint density at radius 2 is 1.59 bits per heavy atom. The highest BCUT2D eigenvalue weighted by Crippen LogP contribution is 2.43. The fourth-order valence-corrected chi connectivity index (χ4v) is 5.41. The van der Waals surface area contributed by atoms with E-state index in [2.05, 4.69) is 29.2 Å². The number of hydrogen-bond acceptors (Lipinski definition) is 4.